The van der Waals surface area contributed by atoms with Crippen LogP contribution in [0, 0.1) is 5.92 Å². The molecule has 41 heavy (non-hydrogen) atoms. The van der Waals surface area contributed by atoms with Gasteiger partial charge in [0.2, 0.25) is 0 Å². The Labute approximate surface area is 246 Å². The summed E-state index contributed by atoms with van der Waals surface area (Å²) in [7, 11) is 1.41. The van der Waals surface area contributed by atoms with Gasteiger partial charge in [-0.25, -0.2) is 14.8 Å². The van der Waals surface area contributed by atoms with Crippen LogP contribution in [0.4, 0.5) is 0 Å². The summed E-state index contributed by atoms with van der Waals surface area (Å²) in [6.45, 7) is 8.38. The molecule has 0 unspecified atom stereocenters. The third kappa shape index (κ3) is 6.41. The van der Waals surface area contributed by atoms with Gasteiger partial charge in [-0.3, -0.25) is 0 Å². The number of aryl methyl sites for hydroxylation is 1. The highest BCUT2D eigenvalue weighted by Gasteiger charge is 2.21. The number of para-hydroxylation sites is 1. The smallest absolute Gasteiger partial charge is 0.337 e. The van der Waals surface area contributed by atoms with E-state index in [0.29, 0.717) is 11.5 Å². The maximum absolute atomic E-state index is 12.3. The van der Waals surface area contributed by atoms with Crippen LogP contribution in [0.2, 0.25) is 0 Å². The summed E-state index contributed by atoms with van der Waals surface area (Å²) in [5.74, 6) is 1.80. The van der Waals surface area contributed by atoms with E-state index in [1.807, 2.05) is 24.3 Å². The molecule has 0 saturated carbocycles. The minimum Gasteiger partial charge on any atom is -0.465 e. The number of fused-ring (bicyclic) bond motifs is 2. The van der Waals surface area contributed by atoms with Crippen LogP contribution in [-0.2, 0) is 17.8 Å². The Balaban J connectivity index is 1.60. The third-order valence-corrected chi connectivity index (χ3v) is 8.02. The molecule has 3 aromatic carbocycles. The van der Waals surface area contributed by atoms with E-state index in [-0.39, 0.29) is 5.97 Å². The Hall–Kier alpha value is -3.84. The van der Waals surface area contributed by atoms with Gasteiger partial charge in [-0.1, -0.05) is 93.9 Å². The van der Waals surface area contributed by atoms with Gasteiger partial charge in [0.15, 0.2) is 5.16 Å². The van der Waals surface area contributed by atoms with Gasteiger partial charge < -0.3 is 13.9 Å². The minimum absolute atomic E-state index is 0.356. The Morgan fingerprint density at radius 3 is 2.56 bits per heavy atom. The van der Waals surface area contributed by atoms with E-state index in [1.165, 1.54) is 19.1 Å². The van der Waals surface area contributed by atoms with E-state index >= 15 is 0 Å². The third-order valence-electron chi connectivity index (χ3n) is 7.09. The van der Waals surface area contributed by atoms with Gasteiger partial charge in [-0.05, 0) is 48.2 Å². The molecule has 0 saturated heterocycles. The summed E-state index contributed by atoms with van der Waals surface area (Å²) in [6, 6.07) is 22.4. The molecule has 2 heterocycles. The molecule has 2 aromatic heterocycles. The average Bonchev–Trinajstić information content (AvgIpc) is 3.52. The van der Waals surface area contributed by atoms with Gasteiger partial charge in [0, 0.05) is 24.4 Å². The number of hydrogen-bond acceptors (Lipinski definition) is 5. The Morgan fingerprint density at radius 2 is 1.80 bits per heavy atom. The van der Waals surface area contributed by atoms with Crippen molar-refractivity contribution in [3.8, 4) is 11.4 Å². The monoisotopic (exact) mass is 566 g/mol. The van der Waals surface area contributed by atoms with Crippen molar-refractivity contribution in [2.45, 2.75) is 58.3 Å². The molecule has 0 fully saturated rings. The number of rotatable bonds is 12. The SMILES string of the molecule is CCCCCn1c(SC/C=C/c2ccccc2)nc2cccc(-c3nc4cc(C(=O)OC)ccc4n3CC(C)C)c21. The predicted octanol–water partition coefficient (Wildman–Crippen LogP) is 8.49. The van der Waals surface area contributed by atoms with Crippen molar-refractivity contribution >= 4 is 45.9 Å². The molecular formula is C34H38N4O2S. The summed E-state index contributed by atoms with van der Waals surface area (Å²) in [5, 5.41) is 1.03. The fraction of sp³-hybridized carbons (Fsp3) is 0.324. The lowest BCUT2D eigenvalue weighted by Crippen LogP contribution is -2.08. The van der Waals surface area contributed by atoms with Crippen LogP contribution >= 0.6 is 11.8 Å². The van der Waals surface area contributed by atoms with Crippen molar-refractivity contribution < 1.29 is 9.53 Å². The second-order valence-corrected chi connectivity index (χ2v) is 11.7. The number of benzene rings is 3. The van der Waals surface area contributed by atoms with Crippen LogP contribution in [-0.4, -0.2) is 37.9 Å². The second kappa shape index (κ2) is 13.2. The second-order valence-electron chi connectivity index (χ2n) is 10.7. The molecule has 5 aromatic rings. The van der Waals surface area contributed by atoms with Crippen molar-refractivity contribution in [3.05, 3.63) is 83.9 Å². The van der Waals surface area contributed by atoms with Crippen LogP contribution in [0.5, 0.6) is 0 Å². The first-order valence-corrected chi connectivity index (χ1v) is 15.4. The van der Waals surface area contributed by atoms with Crippen molar-refractivity contribution in [1.82, 2.24) is 19.1 Å². The van der Waals surface area contributed by atoms with Crippen LogP contribution < -0.4 is 0 Å². The number of aromatic nitrogens is 4. The summed E-state index contributed by atoms with van der Waals surface area (Å²) >= 11 is 1.77. The van der Waals surface area contributed by atoms with Crippen LogP contribution in [0.3, 0.4) is 0 Å². The number of thioether (sulfide) groups is 1. The van der Waals surface area contributed by atoms with Gasteiger partial charge in [0.25, 0.3) is 0 Å². The van der Waals surface area contributed by atoms with E-state index in [9.17, 15) is 4.79 Å². The molecule has 0 atom stereocenters. The van der Waals surface area contributed by atoms with Gasteiger partial charge in [0.1, 0.15) is 5.82 Å². The molecule has 0 aliphatic heterocycles. The fourth-order valence-corrected chi connectivity index (χ4v) is 6.03. The minimum atomic E-state index is -0.356. The molecule has 6 nitrogen and oxygen atoms in total. The van der Waals surface area contributed by atoms with Crippen LogP contribution in [0.15, 0.2) is 78.0 Å². The topological polar surface area (TPSA) is 61.9 Å². The number of carbonyl (C=O) groups excluding carboxylic acids is 1. The molecule has 0 N–H and O–H groups in total. The van der Waals surface area contributed by atoms with Gasteiger partial charge in [-0.15, -0.1) is 0 Å². The van der Waals surface area contributed by atoms with Gasteiger partial charge in [-0.2, -0.15) is 0 Å². The van der Waals surface area contributed by atoms with Crippen molar-refractivity contribution in [3.63, 3.8) is 0 Å². The summed E-state index contributed by atoms with van der Waals surface area (Å²) in [6.07, 6.45) is 7.79. The van der Waals surface area contributed by atoms with Crippen molar-refractivity contribution in [2.75, 3.05) is 12.9 Å². The number of unbranched alkanes of at least 4 members (excludes halogenated alkanes) is 2. The highest BCUT2D eigenvalue weighted by atomic mass is 32.2. The lowest BCUT2D eigenvalue weighted by molar-refractivity contribution is 0.0601. The van der Waals surface area contributed by atoms with Crippen molar-refractivity contribution in [1.29, 1.82) is 0 Å². The summed E-state index contributed by atoms with van der Waals surface area (Å²) in [5.41, 5.74) is 6.67. The predicted molar refractivity (Wildman–Crippen MR) is 170 cm³/mol. The first-order valence-electron chi connectivity index (χ1n) is 14.4. The number of hydrogen-bond donors (Lipinski definition) is 0. The first-order chi connectivity index (χ1) is 20.0. The Morgan fingerprint density at radius 1 is 0.976 bits per heavy atom. The van der Waals surface area contributed by atoms with Crippen LogP contribution in [0.25, 0.3) is 39.5 Å². The van der Waals surface area contributed by atoms with Gasteiger partial charge in [0.05, 0.1) is 34.7 Å². The number of nitrogens with zero attached hydrogens (tertiary/aromatic N) is 4. The van der Waals surface area contributed by atoms with Crippen molar-refractivity contribution in [2.24, 2.45) is 5.92 Å². The zero-order chi connectivity index (χ0) is 28.8. The molecule has 7 heteroatoms. The Kier molecular flexibility index (Phi) is 9.24. The molecule has 0 spiro atoms. The van der Waals surface area contributed by atoms with Gasteiger partial charge >= 0.3 is 5.97 Å². The first kappa shape index (κ1) is 28.7. The number of methoxy groups -OCH3 is 1. The van der Waals surface area contributed by atoms with Crippen LogP contribution in [0.1, 0.15) is 56.0 Å². The molecule has 0 aliphatic carbocycles. The molecule has 212 valence electrons. The zero-order valence-electron chi connectivity index (χ0n) is 24.3. The number of esters is 1. The molecule has 0 aliphatic rings. The fourth-order valence-electron chi connectivity index (χ4n) is 5.18. The number of carbonyl (C=O) groups is 1. The summed E-state index contributed by atoms with van der Waals surface area (Å²) in [4.78, 5) is 22.5. The maximum atomic E-state index is 12.3. The zero-order valence-corrected chi connectivity index (χ0v) is 25.2. The molecular weight excluding hydrogens is 528 g/mol. The molecule has 0 bridgehead atoms. The number of imidazole rings is 2. The average molecular weight is 567 g/mol. The summed E-state index contributed by atoms with van der Waals surface area (Å²) < 4.78 is 9.64. The maximum Gasteiger partial charge on any atom is 0.337 e. The molecule has 0 radical (unpaired) electrons. The van der Waals surface area contributed by atoms with E-state index in [1.54, 1.807) is 11.8 Å². The highest BCUT2D eigenvalue weighted by molar-refractivity contribution is 7.99. The highest BCUT2D eigenvalue weighted by Crippen LogP contribution is 2.35. The van der Waals surface area contributed by atoms with E-state index in [2.05, 4.69) is 84.5 Å². The quantitative estimate of drug-likeness (QED) is 0.0861. The van der Waals surface area contributed by atoms with E-state index < -0.39 is 0 Å². The lowest BCUT2D eigenvalue weighted by Gasteiger charge is -2.14. The standard InChI is InChI=1S/C34H38N4O2S/c1-5-6-10-20-37-31-27(16-11-17-28(31)36-34(37)41-21-12-15-25-13-8-7-9-14-25)32-35-29-22-26(33(39)40-4)18-19-30(29)38(32)23-24(2)3/h7-9,11-19,22,24H,5-6,10,20-21,23H2,1-4H3/b15-12+. The van der Waals surface area contributed by atoms with E-state index in [0.717, 1.165) is 70.3 Å². The van der Waals surface area contributed by atoms with E-state index in [4.69, 9.17) is 14.7 Å². The molecule has 5 rings (SSSR count). The largest absolute Gasteiger partial charge is 0.465 e. The molecule has 0 amide bonds. The normalized spacial score (nSPS) is 11.8. The number of ether oxygens (including phenoxy) is 1. The lowest BCUT2D eigenvalue weighted by atomic mass is 10.1. The Bertz CT molecular complexity index is 1670.